The summed E-state index contributed by atoms with van der Waals surface area (Å²) in [6.45, 7) is 3.65. The molecule has 0 bridgehead atoms. The van der Waals surface area contributed by atoms with Crippen molar-refractivity contribution in [2.45, 2.75) is 70.9 Å². The van der Waals surface area contributed by atoms with E-state index >= 15 is 0 Å². The van der Waals surface area contributed by atoms with E-state index in [1.165, 1.54) is 18.2 Å². The molecular weight excluding hydrogens is 470 g/mol. The number of benzene rings is 1. The first kappa shape index (κ1) is 28.0. The lowest BCUT2D eigenvalue weighted by molar-refractivity contribution is -0.141. The van der Waals surface area contributed by atoms with Crippen molar-refractivity contribution in [1.29, 1.82) is 0 Å². The third kappa shape index (κ3) is 8.49. The van der Waals surface area contributed by atoms with Crippen LogP contribution in [0.15, 0.2) is 30.3 Å². The number of rotatable bonds is 12. The van der Waals surface area contributed by atoms with E-state index in [1.807, 2.05) is 6.92 Å². The molecule has 2 rings (SSSR count). The Morgan fingerprint density at radius 1 is 1.03 bits per heavy atom. The van der Waals surface area contributed by atoms with E-state index in [2.05, 4.69) is 4.98 Å². The molecule has 0 aliphatic rings. The quantitative estimate of drug-likeness (QED) is 0.270. The van der Waals surface area contributed by atoms with Crippen LogP contribution >= 0.6 is 0 Å². The zero-order chi connectivity index (χ0) is 25.5. The Kier molecular flexibility index (Phi) is 9.79. The van der Waals surface area contributed by atoms with E-state index in [9.17, 15) is 30.8 Å². The van der Waals surface area contributed by atoms with E-state index in [1.54, 1.807) is 13.0 Å². The number of sulfone groups is 1. The molecule has 0 fully saturated rings. The van der Waals surface area contributed by atoms with Gasteiger partial charge in [-0.15, -0.1) is 0 Å². The molecule has 1 atom stereocenters. The number of carbonyl (C=O) groups excluding carboxylic acids is 1. The fourth-order valence-corrected chi connectivity index (χ4v) is 4.26. The van der Waals surface area contributed by atoms with Crippen LogP contribution in [0.2, 0.25) is 0 Å². The highest BCUT2D eigenvalue weighted by molar-refractivity contribution is 7.90. The summed E-state index contributed by atoms with van der Waals surface area (Å²) in [5.41, 5.74) is 0.784. The number of unbranched alkanes of at least 4 members (excludes halogenated alkanes) is 2. The van der Waals surface area contributed by atoms with Crippen LogP contribution in [-0.4, -0.2) is 31.2 Å². The lowest BCUT2D eigenvalue weighted by atomic mass is 9.91. The van der Waals surface area contributed by atoms with Crippen molar-refractivity contribution in [3.8, 4) is 0 Å². The number of aryl methyl sites for hydroxylation is 3. The SMILES string of the molecule is CCCCCc1nc(C(F)(F)F)ccc1CCC(=O)C(C)c1ccc(CCS(C)(=O)=O)c(F)c1. The number of hydrogen-bond acceptors (Lipinski definition) is 4. The number of alkyl halides is 3. The minimum Gasteiger partial charge on any atom is -0.299 e. The van der Waals surface area contributed by atoms with Gasteiger partial charge in [-0.2, -0.15) is 13.2 Å². The molecule has 0 radical (unpaired) electrons. The summed E-state index contributed by atoms with van der Waals surface area (Å²) in [6.07, 6.45) is -0.120. The van der Waals surface area contributed by atoms with Crippen molar-refractivity contribution in [3.05, 3.63) is 64.2 Å². The number of halogens is 4. The molecule has 1 aromatic heterocycles. The molecule has 188 valence electrons. The highest BCUT2D eigenvalue weighted by atomic mass is 32.2. The monoisotopic (exact) mass is 501 g/mol. The Morgan fingerprint density at radius 3 is 2.29 bits per heavy atom. The van der Waals surface area contributed by atoms with E-state index in [0.29, 0.717) is 29.7 Å². The van der Waals surface area contributed by atoms with Crippen LogP contribution in [0.4, 0.5) is 17.6 Å². The first-order chi connectivity index (χ1) is 15.8. The molecular formula is C25H31F4NO3S. The van der Waals surface area contributed by atoms with Gasteiger partial charge in [0, 0.05) is 24.3 Å². The Morgan fingerprint density at radius 2 is 1.71 bits per heavy atom. The summed E-state index contributed by atoms with van der Waals surface area (Å²) < 4.78 is 76.3. The molecule has 1 unspecified atom stereocenters. The van der Waals surface area contributed by atoms with E-state index in [-0.39, 0.29) is 36.4 Å². The summed E-state index contributed by atoms with van der Waals surface area (Å²) in [5.74, 6) is -1.50. The van der Waals surface area contributed by atoms with Crippen molar-refractivity contribution < 1.29 is 30.8 Å². The minimum absolute atomic E-state index is 0.0506. The topological polar surface area (TPSA) is 64.1 Å². The van der Waals surface area contributed by atoms with Gasteiger partial charge < -0.3 is 0 Å². The lowest BCUT2D eigenvalue weighted by Crippen LogP contribution is -2.14. The summed E-state index contributed by atoms with van der Waals surface area (Å²) in [5, 5.41) is 0. The molecule has 1 heterocycles. The molecule has 0 spiro atoms. The molecule has 0 amide bonds. The number of carbonyl (C=O) groups is 1. The van der Waals surface area contributed by atoms with E-state index in [4.69, 9.17) is 0 Å². The molecule has 4 nitrogen and oxygen atoms in total. The maximum atomic E-state index is 14.4. The van der Waals surface area contributed by atoms with Crippen molar-refractivity contribution in [3.63, 3.8) is 0 Å². The molecule has 0 saturated heterocycles. The number of nitrogens with zero attached hydrogens (tertiary/aromatic N) is 1. The summed E-state index contributed by atoms with van der Waals surface area (Å²) in [6, 6.07) is 6.68. The molecule has 34 heavy (non-hydrogen) atoms. The average molecular weight is 502 g/mol. The second kappa shape index (κ2) is 11.9. The zero-order valence-electron chi connectivity index (χ0n) is 19.7. The van der Waals surface area contributed by atoms with Gasteiger partial charge in [-0.3, -0.25) is 4.79 Å². The highest BCUT2D eigenvalue weighted by Crippen LogP contribution is 2.29. The Balaban J connectivity index is 2.10. The Hall–Kier alpha value is -2.29. The largest absolute Gasteiger partial charge is 0.433 e. The van der Waals surface area contributed by atoms with E-state index < -0.39 is 33.4 Å². The van der Waals surface area contributed by atoms with E-state index in [0.717, 1.165) is 25.2 Å². The molecule has 0 aliphatic heterocycles. The number of Topliss-reactive ketones (excluding diaryl/α,β-unsaturated/α-hetero) is 1. The fraction of sp³-hybridized carbons (Fsp3) is 0.520. The maximum absolute atomic E-state index is 14.4. The summed E-state index contributed by atoms with van der Waals surface area (Å²) in [4.78, 5) is 16.6. The van der Waals surface area contributed by atoms with Crippen LogP contribution in [0, 0.1) is 5.82 Å². The van der Waals surface area contributed by atoms with Gasteiger partial charge in [0.2, 0.25) is 0 Å². The van der Waals surface area contributed by atoms with Crippen molar-refractivity contribution >= 4 is 15.6 Å². The van der Waals surface area contributed by atoms with Gasteiger partial charge in [-0.1, -0.05) is 44.9 Å². The van der Waals surface area contributed by atoms with Crippen LogP contribution in [-0.2, 0) is 40.1 Å². The van der Waals surface area contributed by atoms with Gasteiger partial charge in [-0.25, -0.2) is 17.8 Å². The fourth-order valence-electron chi connectivity index (χ4n) is 3.67. The average Bonchev–Trinajstić information content (AvgIpc) is 2.75. The molecule has 1 aromatic carbocycles. The van der Waals surface area contributed by atoms with Gasteiger partial charge in [-0.05, 0) is 54.5 Å². The zero-order valence-corrected chi connectivity index (χ0v) is 20.5. The Bertz CT molecular complexity index is 1100. The normalized spacial score (nSPS) is 13.1. The summed E-state index contributed by atoms with van der Waals surface area (Å²) >= 11 is 0. The van der Waals surface area contributed by atoms with Crippen molar-refractivity contribution in [1.82, 2.24) is 4.98 Å². The second-order valence-electron chi connectivity index (χ2n) is 8.68. The minimum atomic E-state index is -4.53. The third-order valence-corrected chi connectivity index (χ3v) is 6.76. The van der Waals surface area contributed by atoms with Gasteiger partial charge in [0.1, 0.15) is 27.1 Å². The van der Waals surface area contributed by atoms with Crippen molar-refractivity contribution in [2.24, 2.45) is 0 Å². The number of ketones is 1. The molecule has 0 N–H and O–H groups in total. The highest BCUT2D eigenvalue weighted by Gasteiger charge is 2.33. The first-order valence-corrected chi connectivity index (χ1v) is 13.4. The van der Waals surface area contributed by atoms with Crippen LogP contribution < -0.4 is 0 Å². The van der Waals surface area contributed by atoms with Gasteiger partial charge in [0.25, 0.3) is 0 Å². The predicted molar refractivity (Wildman–Crippen MR) is 124 cm³/mol. The van der Waals surface area contributed by atoms with Crippen LogP contribution in [0.1, 0.15) is 73.5 Å². The van der Waals surface area contributed by atoms with Crippen LogP contribution in [0.5, 0.6) is 0 Å². The van der Waals surface area contributed by atoms with Gasteiger partial charge >= 0.3 is 6.18 Å². The van der Waals surface area contributed by atoms with Gasteiger partial charge in [0.05, 0.1) is 5.75 Å². The lowest BCUT2D eigenvalue weighted by Gasteiger charge is -2.15. The standard InChI is InChI=1S/C25H31F4NO3S/c1-4-5-6-7-22-19(11-13-24(30-22)25(27,28)29)10-12-23(31)17(2)20-9-8-18(21(26)16-20)14-15-34(3,32)33/h8-9,11,13,16-17H,4-7,10,12,14-15H2,1-3H3. The molecule has 0 aliphatic carbocycles. The summed E-state index contributed by atoms with van der Waals surface area (Å²) in [7, 11) is -3.22. The number of aromatic nitrogens is 1. The smallest absolute Gasteiger partial charge is 0.299 e. The third-order valence-electron chi connectivity index (χ3n) is 5.82. The number of pyridine rings is 1. The molecule has 0 saturated carbocycles. The molecule has 2 aromatic rings. The van der Waals surface area contributed by atoms with Crippen molar-refractivity contribution in [2.75, 3.05) is 12.0 Å². The Labute approximate surface area is 198 Å². The van der Waals surface area contributed by atoms with Crippen LogP contribution in [0.3, 0.4) is 0 Å². The maximum Gasteiger partial charge on any atom is 0.433 e. The second-order valence-corrected chi connectivity index (χ2v) is 10.9. The number of hydrogen-bond donors (Lipinski definition) is 0. The first-order valence-electron chi connectivity index (χ1n) is 11.4. The van der Waals surface area contributed by atoms with Crippen LogP contribution in [0.25, 0.3) is 0 Å². The van der Waals surface area contributed by atoms with Gasteiger partial charge in [0.15, 0.2) is 0 Å². The molecule has 9 heteroatoms. The predicted octanol–water partition coefficient (Wildman–Crippen LogP) is 5.86.